The molecule has 0 radical (unpaired) electrons. The van der Waals surface area contributed by atoms with E-state index in [1.165, 1.54) is 0 Å². The Balaban J connectivity index is 1.71. The molecule has 4 rings (SSSR count). The van der Waals surface area contributed by atoms with Crippen LogP contribution < -0.4 is 19.7 Å². The van der Waals surface area contributed by atoms with Crippen LogP contribution in [0.4, 0.5) is 11.4 Å². The zero-order chi connectivity index (χ0) is 21.1. The van der Waals surface area contributed by atoms with Crippen molar-refractivity contribution in [1.82, 2.24) is 0 Å². The van der Waals surface area contributed by atoms with E-state index in [4.69, 9.17) is 14.6 Å². The van der Waals surface area contributed by atoms with Crippen LogP contribution in [0.15, 0.2) is 72.8 Å². The number of anilines is 2. The zero-order valence-electron chi connectivity index (χ0n) is 16.2. The van der Waals surface area contributed by atoms with Crippen molar-refractivity contribution in [2.45, 2.75) is 6.17 Å². The molecule has 0 saturated heterocycles. The number of ether oxygens (including phenoxy) is 2. The average Bonchev–Trinajstić information content (AvgIpc) is 2.78. The molecule has 7 heteroatoms. The molecule has 3 aromatic carbocycles. The van der Waals surface area contributed by atoms with Gasteiger partial charge in [-0.3, -0.25) is 9.69 Å². The van der Waals surface area contributed by atoms with Crippen LogP contribution in [-0.4, -0.2) is 30.7 Å². The van der Waals surface area contributed by atoms with Crippen molar-refractivity contribution in [2.75, 3.05) is 23.9 Å². The lowest BCUT2D eigenvalue weighted by Crippen LogP contribution is -2.43. The number of nitrogens with zero attached hydrogens (tertiary/aromatic N) is 1. The predicted octanol–water partition coefficient (Wildman–Crippen LogP) is 3.93. The summed E-state index contributed by atoms with van der Waals surface area (Å²) in [7, 11) is 1.61. The molecule has 1 aliphatic rings. The number of carboxylic acids is 1. The fraction of sp³-hybridized carbons (Fsp3) is 0.130. The molecule has 1 heterocycles. The number of carbonyl (C=O) groups excluding carboxylic acids is 1. The van der Waals surface area contributed by atoms with E-state index in [9.17, 15) is 9.59 Å². The van der Waals surface area contributed by atoms with Gasteiger partial charge >= 0.3 is 5.97 Å². The van der Waals surface area contributed by atoms with Gasteiger partial charge in [0.25, 0.3) is 5.91 Å². The standard InChI is InChI=1S/C23H20N2O5/c1-29-17-10-6-15(7-11-17)22-24-20-5-3-2-4-19(20)23(28)25(22)16-8-12-18(13-9-16)30-14-21(26)27/h2-13,22,24H,14H2,1H3,(H,26,27)/t22-/m0/s1. The van der Waals surface area contributed by atoms with E-state index in [0.717, 1.165) is 17.0 Å². The van der Waals surface area contributed by atoms with Crippen LogP contribution in [0, 0.1) is 0 Å². The summed E-state index contributed by atoms with van der Waals surface area (Å²) in [5.41, 5.74) is 2.89. The van der Waals surface area contributed by atoms with Gasteiger partial charge in [0, 0.05) is 11.4 Å². The van der Waals surface area contributed by atoms with Gasteiger partial charge in [0.2, 0.25) is 0 Å². The molecule has 0 saturated carbocycles. The van der Waals surface area contributed by atoms with Gasteiger partial charge in [-0.15, -0.1) is 0 Å². The first-order valence-corrected chi connectivity index (χ1v) is 9.34. The fourth-order valence-corrected chi connectivity index (χ4v) is 3.39. The first-order chi connectivity index (χ1) is 14.6. The van der Waals surface area contributed by atoms with E-state index >= 15 is 0 Å². The summed E-state index contributed by atoms with van der Waals surface area (Å²) in [6.07, 6.45) is -0.427. The lowest BCUT2D eigenvalue weighted by molar-refractivity contribution is -0.139. The minimum atomic E-state index is -1.05. The minimum Gasteiger partial charge on any atom is -0.497 e. The van der Waals surface area contributed by atoms with Gasteiger partial charge in [-0.1, -0.05) is 24.3 Å². The van der Waals surface area contributed by atoms with Crippen molar-refractivity contribution >= 4 is 23.3 Å². The van der Waals surface area contributed by atoms with Crippen LogP contribution in [0.2, 0.25) is 0 Å². The highest BCUT2D eigenvalue weighted by atomic mass is 16.5. The molecule has 30 heavy (non-hydrogen) atoms. The van der Waals surface area contributed by atoms with Gasteiger partial charge in [-0.05, 0) is 54.1 Å². The van der Waals surface area contributed by atoms with E-state index in [2.05, 4.69) is 5.32 Å². The zero-order valence-corrected chi connectivity index (χ0v) is 16.2. The molecule has 1 amide bonds. The Hall–Kier alpha value is -4.00. The van der Waals surface area contributed by atoms with Gasteiger partial charge in [-0.25, -0.2) is 4.79 Å². The summed E-state index contributed by atoms with van der Waals surface area (Å²) in [6.45, 7) is -0.425. The first-order valence-electron chi connectivity index (χ1n) is 9.34. The SMILES string of the molecule is COc1ccc([C@H]2Nc3ccccc3C(=O)N2c2ccc(OCC(=O)O)cc2)cc1. The molecule has 1 aliphatic heterocycles. The predicted molar refractivity (Wildman–Crippen MR) is 112 cm³/mol. The van der Waals surface area contributed by atoms with E-state index < -0.39 is 18.7 Å². The Labute approximate surface area is 173 Å². The molecular formula is C23H20N2O5. The normalized spacial score (nSPS) is 15.2. The maximum atomic E-state index is 13.4. The summed E-state index contributed by atoms with van der Waals surface area (Å²) < 4.78 is 10.4. The summed E-state index contributed by atoms with van der Waals surface area (Å²) in [5.74, 6) is -0.0391. The fourth-order valence-electron chi connectivity index (χ4n) is 3.39. The molecular weight excluding hydrogens is 384 g/mol. The van der Waals surface area contributed by atoms with Crippen LogP contribution >= 0.6 is 0 Å². The number of methoxy groups -OCH3 is 1. The van der Waals surface area contributed by atoms with Crippen molar-refractivity contribution in [3.8, 4) is 11.5 Å². The summed E-state index contributed by atoms with van der Waals surface area (Å²) in [6, 6.07) is 21.7. The average molecular weight is 404 g/mol. The number of para-hydroxylation sites is 1. The van der Waals surface area contributed by atoms with E-state index in [1.807, 2.05) is 42.5 Å². The number of hydrogen-bond acceptors (Lipinski definition) is 5. The van der Waals surface area contributed by atoms with Gasteiger partial charge in [0.05, 0.1) is 12.7 Å². The number of carboxylic acid groups (broad SMARTS) is 1. The number of carbonyl (C=O) groups is 2. The van der Waals surface area contributed by atoms with Crippen molar-refractivity contribution in [2.24, 2.45) is 0 Å². The highest BCUT2D eigenvalue weighted by molar-refractivity contribution is 6.12. The molecule has 2 N–H and O–H groups in total. The van der Waals surface area contributed by atoms with Crippen molar-refractivity contribution < 1.29 is 24.2 Å². The molecule has 1 atom stereocenters. The Bertz CT molecular complexity index is 1060. The topological polar surface area (TPSA) is 88.1 Å². The van der Waals surface area contributed by atoms with Gasteiger partial charge < -0.3 is 19.9 Å². The van der Waals surface area contributed by atoms with E-state index in [-0.39, 0.29) is 5.91 Å². The van der Waals surface area contributed by atoms with Crippen LogP contribution in [-0.2, 0) is 4.79 Å². The second kappa shape index (κ2) is 8.16. The third-order valence-electron chi connectivity index (χ3n) is 4.84. The monoisotopic (exact) mass is 404 g/mol. The number of hydrogen-bond donors (Lipinski definition) is 2. The number of amides is 1. The summed E-state index contributed by atoms with van der Waals surface area (Å²) in [4.78, 5) is 25.7. The number of aliphatic carboxylic acids is 1. The summed E-state index contributed by atoms with van der Waals surface area (Å²) in [5, 5.41) is 12.2. The first kappa shape index (κ1) is 19.3. The molecule has 3 aromatic rings. The molecule has 152 valence electrons. The molecule has 0 unspecified atom stereocenters. The summed E-state index contributed by atoms with van der Waals surface area (Å²) >= 11 is 0. The Morgan fingerprint density at radius 1 is 1.00 bits per heavy atom. The second-order valence-electron chi connectivity index (χ2n) is 6.72. The third kappa shape index (κ3) is 3.77. The van der Waals surface area contributed by atoms with Crippen LogP contribution in [0.25, 0.3) is 0 Å². The van der Waals surface area contributed by atoms with Crippen molar-refractivity contribution in [3.63, 3.8) is 0 Å². The second-order valence-corrected chi connectivity index (χ2v) is 6.72. The maximum Gasteiger partial charge on any atom is 0.341 e. The van der Waals surface area contributed by atoms with Crippen molar-refractivity contribution in [3.05, 3.63) is 83.9 Å². The van der Waals surface area contributed by atoms with E-state index in [1.54, 1.807) is 42.3 Å². The molecule has 0 spiro atoms. The third-order valence-corrected chi connectivity index (χ3v) is 4.84. The number of rotatable bonds is 6. The lowest BCUT2D eigenvalue weighted by Gasteiger charge is -2.38. The van der Waals surface area contributed by atoms with Crippen LogP contribution in [0.1, 0.15) is 22.1 Å². The largest absolute Gasteiger partial charge is 0.497 e. The maximum absolute atomic E-state index is 13.4. The lowest BCUT2D eigenvalue weighted by atomic mass is 10.0. The molecule has 0 aliphatic carbocycles. The van der Waals surface area contributed by atoms with Crippen LogP contribution in [0.5, 0.6) is 11.5 Å². The van der Waals surface area contributed by atoms with Crippen LogP contribution in [0.3, 0.4) is 0 Å². The highest BCUT2D eigenvalue weighted by Gasteiger charge is 2.34. The number of benzene rings is 3. The molecule has 0 bridgehead atoms. The smallest absolute Gasteiger partial charge is 0.341 e. The Morgan fingerprint density at radius 3 is 2.33 bits per heavy atom. The number of nitrogens with one attached hydrogen (secondary N) is 1. The Morgan fingerprint density at radius 2 is 1.67 bits per heavy atom. The molecule has 0 fully saturated rings. The van der Waals surface area contributed by atoms with Gasteiger partial charge in [0.1, 0.15) is 17.7 Å². The quantitative estimate of drug-likeness (QED) is 0.647. The van der Waals surface area contributed by atoms with E-state index in [0.29, 0.717) is 17.0 Å². The number of fused-ring (bicyclic) bond motifs is 1. The molecule has 7 nitrogen and oxygen atoms in total. The van der Waals surface area contributed by atoms with Gasteiger partial charge in [-0.2, -0.15) is 0 Å². The molecule has 0 aromatic heterocycles. The van der Waals surface area contributed by atoms with Crippen molar-refractivity contribution in [1.29, 1.82) is 0 Å². The highest BCUT2D eigenvalue weighted by Crippen LogP contribution is 2.37. The minimum absolute atomic E-state index is 0.135. The van der Waals surface area contributed by atoms with Gasteiger partial charge in [0.15, 0.2) is 6.61 Å². The Kier molecular flexibility index (Phi) is 5.26.